The smallest absolute Gasteiger partial charge is 0.259 e. The van der Waals surface area contributed by atoms with Gasteiger partial charge in [-0.25, -0.2) is 9.97 Å². The summed E-state index contributed by atoms with van der Waals surface area (Å²) in [6.45, 7) is 3.86. The molecule has 0 atom stereocenters. The lowest BCUT2D eigenvalue weighted by Gasteiger charge is -2.09. The zero-order valence-corrected chi connectivity index (χ0v) is 15.2. The normalized spacial score (nSPS) is 10.5. The number of hydrogen-bond donors (Lipinski definition) is 1. The van der Waals surface area contributed by atoms with E-state index in [-0.39, 0.29) is 5.91 Å². The van der Waals surface area contributed by atoms with Gasteiger partial charge in [0.25, 0.3) is 5.91 Å². The minimum atomic E-state index is -0.203. The molecule has 0 radical (unpaired) electrons. The summed E-state index contributed by atoms with van der Waals surface area (Å²) in [5.74, 6) is 0.421. The van der Waals surface area contributed by atoms with Gasteiger partial charge in [0.1, 0.15) is 0 Å². The molecule has 0 aliphatic carbocycles. The van der Waals surface area contributed by atoms with Crippen LogP contribution >= 0.6 is 11.8 Å². The summed E-state index contributed by atoms with van der Waals surface area (Å²) < 4.78 is 0. The monoisotopic (exact) mass is 349 g/mol. The van der Waals surface area contributed by atoms with Gasteiger partial charge in [-0.15, -0.1) is 11.8 Å². The summed E-state index contributed by atoms with van der Waals surface area (Å²) in [7, 11) is 0. The second-order valence-electron chi connectivity index (χ2n) is 5.74. The van der Waals surface area contributed by atoms with E-state index in [1.807, 2.05) is 68.6 Å². The Bertz CT molecular complexity index is 907. The van der Waals surface area contributed by atoms with E-state index >= 15 is 0 Å². The minimum absolute atomic E-state index is 0.203. The number of carbonyl (C=O) groups excluding carboxylic acids is 1. The van der Waals surface area contributed by atoms with Gasteiger partial charge in [-0.1, -0.05) is 35.9 Å². The molecule has 2 aromatic carbocycles. The number of anilines is 1. The van der Waals surface area contributed by atoms with Gasteiger partial charge in [0.15, 0.2) is 5.82 Å². The number of nitrogens with one attached hydrogen (secondary N) is 1. The molecular weight excluding hydrogens is 330 g/mol. The third-order valence-electron chi connectivity index (χ3n) is 3.86. The van der Waals surface area contributed by atoms with Gasteiger partial charge in [0.2, 0.25) is 0 Å². The Morgan fingerprint density at radius 3 is 2.52 bits per heavy atom. The number of amides is 1. The topological polar surface area (TPSA) is 54.9 Å². The van der Waals surface area contributed by atoms with Crippen molar-refractivity contribution < 1.29 is 4.79 Å². The molecule has 3 rings (SSSR count). The van der Waals surface area contributed by atoms with Crippen molar-refractivity contribution in [3.05, 3.63) is 71.5 Å². The van der Waals surface area contributed by atoms with E-state index in [1.54, 1.807) is 18.0 Å². The first-order chi connectivity index (χ1) is 12.1. The van der Waals surface area contributed by atoms with Gasteiger partial charge in [0.05, 0.1) is 11.3 Å². The van der Waals surface area contributed by atoms with E-state index in [9.17, 15) is 4.79 Å². The highest BCUT2D eigenvalue weighted by atomic mass is 32.2. The van der Waals surface area contributed by atoms with Crippen LogP contribution in [0.5, 0.6) is 0 Å². The molecule has 25 heavy (non-hydrogen) atoms. The number of aryl methyl sites for hydroxylation is 2. The van der Waals surface area contributed by atoms with Crippen LogP contribution in [-0.4, -0.2) is 22.1 Å². The molecule has 126 valence electrons. The fourth-order valence-corrected chi connectivity index (χ4v) is 2.89. The first-order valence-corrected chi connectivity index (χ1v) is 9.15. The van der Waals surface area contributed by atoms with Crippen molar-refractivity contribution in [1.29, 1.82) is 0 Å². The molecule has 1 heterocycles. The van der Waals surface area contributed by atoms with Crippen LogP contribution in [0, 0.1) is 13.8 Å². The second-order valence-corrected chi connectivity index (χ2v) is 6.62. The average Bonchev–Trinajstić information content (AvgIpc) is 2.62. The fraction of sp³-hybridized carbons (Fsp3) is 0.150. The molecule has 0 aliphatic rings. The quantitative estimate of drug-likeness (QED) is 0.692. The molecule has 0 fully saturated rings. The highest BCUT2D eigenvalue weighted by Crippen LogP contribution is 2.21. The van der Waals surface area contributed by atoms with Crippen molar-refractivity contribution in [2.24, 2.45) is 0 Å². The van der Waals surface area contributed by atoms with E-state index in [1.165, 1.54) is 5.56 Å². The summed E-state index contributed by atoms with van der Waals surface area (Å²) in [5, 5.41) is 2.91. The highest BCUT2D eigenvalue weighted by molar-refractivity contribution is 7.98. The number of nitrogens with zero attached hydrogens (tertiary/aromatic N) is 2. The number of benzene rings is 2. The molecule has 0 aliphatic heterocycles. The van der Waals surface area contributed by atoms with Crippen molar-refractivity contribution in [1.82, 2.24) is 9.97 Å². The molecule has 0 unspecified atom stereocenters. The summed E-state index contributed by atoms with van der Waals surface area (Å²) >= 11 is 1.63. The Morgan fingerprint density at radius 1 is 1.08 bits per heavy atom. The molecule has 1 aromatic heterocycles. The van der Waals surface area contributed by atoms with E-state index < -0.39 is 0 Å². The minimum Gasteiger partial charge on any atom is -0.322 e. The maximum atomic E-state index is 12.5. The molecule has 5 heteroatoms. The van der Waals surface area contributed by atoms with Gasteiger partial charge < -0.3 is 5.32 Å². The van der Waals surface area contributed by atoms with Crippen LogP contribution in [0.4, 0.5) is 5.69 Å². The Labute approximate surface area is 151 Å². The third-order valence-corrected chi connectivity index (χ3v) is 4.59. The average molecular weight is 349 g/mol. The lowest BCUT2D eigenvalue weighted by Crippen LogP contribution is -2.15. The maximum Gasteiger partial charge on any atom is 0.259 e. The summed E-state index contributed by atoms with van der Waals surface area (Å²) in [6.07, 6.45) is 3.59. The molecule has 0 spiro atoms. The lowest BCUT2D eigenvalue weighted by atomic mass is 10.1. The van der Waals surface area contributed by atoms with Crippen LogP contribution in [0.2, 0.25) is 0 Å². The zero-order chi connectivity index (χ0) is 17.8. The first-order valence-electron chi connectivity index (χ1n) is 7.93. The number of hydrogen-bond acceptors (Lipinski definition) is 4. The van der Waals surface area contributed by atoms with Crippen LogP contribution in [0.15, 0.2) is 59.6 Å². The molecule has 0 saturated heterocycles. The van der Waals surface area contributed by atoms with Crippen molar-refractivity contribution in [3.63, 3.8) is 0 Å². The molecular formula is C20H19N3OS. The molecule has 0 saturated carbocycles. The van der Waals surface area contributed by atoms with Crippen LogP contribution < -0.4 is 5.32 Å². The van der Waals surface area contributed by atoms with Crippen LogP contribution in [0.3, 0.4) is 0 Å². The van der Waals surface area contributed by atoms with Crippen molar-refractivity contribution in [2.75, 3.05) is 11.6 Å². The first kappa shape index (κ1) is 17.2. The number of thioether (sulfide) groups is 1. The van der Waals surface area contributed by atoms with Crippen molar-refractivity contribution in [2.45, 2.75) is 18.7 Å². The van der Waals surface area contributed by atoms with Gasteiger partial charge in [-0.3, -0.25) is 4.79 Å². The second kappa shape index (κ2) is 7.49. The molecule has 1 N–H and O–H groups in total. The van der Waals surface area contributed by atoms with Crippen LogP contribution in [0.1, 0.15) is 21.6 Å². The number of carbonyl (C=O) groups is 1. The van der Waals surface area contributed by atoms with Crippen LogP contribution in [-0.2, 0) is 0 Å². The van der Waals surface area contributed by atoms with E-state index in [2.05, 4.69) is 15.3 Å². The summed E-state index contributed by atoms with van der Waals surface area (Å²) in [4.78, 5) is 22.5. The van der Waals surface area contributed by atoms with Gasteiger partial charge in [-0.2, -0.15) is 0 Å². The zero-order valence-electron chi connectivity index (χ0n) is 14.4. The Balaban J connectivity index is 1.82. The molecule has 1 amide bonds. The fourth-order valence-electron chi connectivity index (χ4n) is 2.43. The Morgan fingerprint density at radius 2 is 1.84 bits per heavy atom. The predicted octanol–water partition coefficient (Wildman–Crippen LogP) is 4.73. The van der Waals surface area contributed by atoms with E-state index in [0.717, 1.165) is 16.1 Å². The highest BCUT2D eigenvalue weighted by Gasteiger charge is 2.13. The SMILES string of the molecule is CSc1cccc(NC(=O)c2cnc(-c3ccc(C)cc3)nc2C)c1. The van der Waals surface area contributed by atoms with Gasteiger partial charge >= 0.3 is 0 Å². The van der Waals surface area contributed by atoms with Crippen molar-refractivity contribution in [3.8, 4) is 11.4 Å². The van der Waals surface area contributed by atoms with E-state index in [0.29, 0.717) is 17.1 Å². The summed E-state index contributed by atoms with van der Waals surface area (Å²) in [5.41, 5.74) is 4.02. The van der Waals surface area contributed by atoms with Crippen molar-refractivity contribution >= 4 is 23.4 Å². The predicted molar refractivity (Wildman–Crippen MR) is 103 cm³/mol. The largest absolute Gasteiger partial charge is 0.322 e. The standard InChI is InChI=1S/C20H19N3OS/c1-13-7-9-15(10-8-13)19-21-12-18(14(2)22-19)20(24)23-16-5-4-6-17(11-16)25-3/h4-12H,1-3H3,(H,23,24). The molecule has 3 aromatic rings. The number of aromatic nitrogens is 2. The lowest BCUT2D eigenvalue weighted by molar-refractivity contribution is 0.102. The maximum absolute atomic E-state index is 12.5. The number of rotatable bonds is 4. The van der Waals surface area contributed by atoms with Gasteiger partial charge in [0, 0.05) is 22.3 Å². The van der Waals surface area contributed by atoms with Crippen LogP contribution in [0.25, 0.3) is 11.4 Å². The van der Waals surface area contributed by atoms with Gasteiger partial charge in [-0.05, 0) is 38.3 Å². The molecule has 0 bridgehead atoms. The third kappa shape index (κ3) is 4.06. The molecule has 4 nitrogen and oxygen atoms in total. The Kier molecular flexibility index (Phi) is 5.14. The summed E-state index contributed by atoms with van der Waals surface area (Å²) in [6, 6.07) is 15.8. The van der Waals surface area contributed by atoms with E-state index in [4.69, 9.17) is 0 Å². The Hall–Kier alpha value is -2.66.